The van der Waals surface area contributed by atoms with Gasteiger partial charge in [0, 0.05) is 11.8 Å². The van der Waals surface area contributed by atoms with E-state index in [-0.39, 0.29) is 11.3 Å². The molecule has 6 heteroatoms. The van der Waals surface area contributed by atoms with Crippen molar-refractivity contribution >= 4 is 23.2 Å². The highest BCUT2D eigenvalue weighted by atomic mass is 35.5. The average Bonchev–Trinajstić information content (AvgIpc) is 2.68. The number of methoxy groups -OCH3 is 1. The fraction of sp³-hybridized carbons (Fsp3) is 0.217. The molecular formula is C23H22ClFN2O2. The van der Waals surface area contributed by atoms with Gasteiger partial charge in [-0.2, -0.15) is 0 Å². The van der Waals surface area contributed by atoms with Crippen LogP contribution in [0.5, 0.6) is 5.75 Å². The van der Waals surface area contributed by atoms with Crippen molar-refractivity contribution in [2.24, 2.45) is 0 Å². The van der Waals surface area contributed by atoms with Gasteiger partial charge >= 0.3 is 0 Å². The minimum absolute atomic E-state index is 0.0378. The molecule has 4 nitrogen and oxygen atoms in total. The lowest BCUT2D eigenvalue weighted by atomic mass is 9.87. The maximum absolute atomic E-state index is 13.6. The van der Waals surface area contributed by atoms with E-state index in [2.05, 4.69) is 31.1 Å². The number of carbonyl (C=O) groups excluding carboxylic acids is 1. The maximum Gasteiger partial charge on any atom is 0.257 e. The summed E-state index contributed by atoms with van der Waals surface area (Å²) in [5.41, 5.74) is 2.95. The molecule has 2 aromatic carbocycles. The Bertz CT molecular complexity index is 1040. The van der Waals surface area contributed by atoms with E-state index >= 15 is 0 Å². The fourth-order valence-corrected chi connectivity index (χ4v) is 3.07. The van der Waals surface area contributed by atoms with Crippen molar-refractivity contribution in [2.45, 2.75) is 26.2 Å². The lowest BCUT2D eigenvalue weighted by Crippen LogP contribution is -2.14. The molecule has 0 saturated carbocycles. The van der Waals surface area contributed by atoms with E-state index in [1.165, 1.54) is 31.5 Å². The van der Waals surface area contributed by atoms with Crippen LogP contribution in [0.3, 0.4) is 0 Å². The Morgan fingerprint density at radius 1 is 1.10 bits per heavy atom. The molecule has 150 valence electrons. The van der Waals surface area contributed by atoms with Gasteiger partial charge in [0.15, 0.2) is 0 Å². The molecule has 1 aromatic heterocycles. The second-order valence-corrected chi connectivity index (χ2v) is 8.08. The van der Waals surface area contributed by atoms with Crippen molar-refractivity contribution < 1.29 is 13.9 Å². The van der Waals surface area contributed by atoms with Crippen molar-refractivity contribution in [1.82, 2.24) is 4.98 Å². The van der Waals surface area contributed by atoms with Crippen LogP contribution in [-0.2, 0) is 5.41 Å². The van der Waals surface area contributed by atoms with Gasteiger partial charge in [-0.25, -0.2) is 4.39 Å². The molecule has 1 N–H and O–H groups in total. The van der Waals surface area contributed by atoms with E-state index in [1.807, 2.05) is 12.1 Å². The van der Waals surface area contributed by atoms with Crippen LogP contribution in [0.25, 0.3) is 11.3 Å². The summed E-state index contributed by atoms with van der Waals surface area (Å²) in [5.74, 6) is -0.222. The number of benzene rings is 2. The number of halogens is 2. The molecule has 3 rings (SSSR count). The van der Waals surface area contributed by atoms with Crippen molar-refractivity contribution in [2.75, 3.05) is 12.4 Å². The normalized spacial score (nSPS) is 11.2. The monoisotopic (exact) mass is 412 g/mol. The third-order valence-corrected chi connectivity index (χ3v) is 4.86. The van der Waals surface area contributed by atoms with E-state index in [0.29, 0.717) is 33.3 Å². The zero-order valence-electron chi connectivity index (χ0n) is 16.7. The van der Waals surface area contributed by atoms with Crippen LogP contribution < -0.4 is 10.1 Å². The zero-order valence-corrected chi connectivity index (χ0v) is 17.5. The van der Waals surface area contributed by atoms with Crippen molar-refractivity contribution in [3.63, 3.8) is 0 Å². The summed E-state index contributed by atoms with van der Waals surface area (Å²) in [4.78, 5) is 16.9. The molecule has 1 heterocycles. The summed E-state index contributed by atoms with van der Waals surface area (Å²) in [6.07, 6.45) is 1.44. The number of rotatable bonds is 4. The number of carbonyl (C=O) groups is 1. The first-order valence-electron chi connectivity index (χ1n) is 9.10. The van der Waals surface area contributed by atoms with Gasteiger partial charge in [-0.05, 0) is 53.4 Å². The number of amides is 1. The summed E-state index contributed by atoms with van der Waals surface area (Å²) >= 11 is 6.34. The second-order valence-electron chi connectivity index (χ2n) is 7.68. The van der Waals surface area contributed by atoms with Gasteiger partial charge in [-0.1, -0.05) is 38.4 Å². The van der Waals surface area contributed by atoms with E-state index in [0.717, 1.165) is 5.56 Å². The number of nitrogens with zero attached hydrogens (tertiary/aromatic N) is 1. The lowest BCUT2D eigenvalue weighted by molar-refractivity contribution is 0.102. The molecule has 1 amide bonds. The Balaban J connectivity index is 1.81. The van der Waals surface area contributed by atoms with Crippen LogP contribution in [0, 0.1) is 5.82 Å². The quantitative estimate of drug-likeness (QED) is 0.563. The first kappa shape index (κ1) is 20.8. The van der Waals surface area contributed by atoms with Gasteiger partial charge in [0.1, 0.15) is 11.6 Å². The Morgan fingerprint density at radius 2 is 1.86 bits per heavy atom. The highest BCUT2D eigenvalue weighted by molar-refractivity contribution is 6.34. The summed E-state index contributed by atoms with van der Waals surface area (Å²) < 4.78 is 18.9. The number of anilines is 1. The zero-order chi connectivity index (χ0) is 21.2. The lowest BCUT2D eigenvalue weighted by Gasteiger charge is -2.20. The number of ether oxygens (including phenoxy) is 1. The predicted molar refractivity (Wildman–Crippen MR) is 114 cm³/mol. The number of nitrogens with one attached hydrogen (secondary N) is 1. The van der Waals surface area contributed by atoms with Gasteiger partial charge in [0.05, 0.1) is 29.1 Å². The summed E-state index contributed by atoms with van der Waals surface area (Å²) in [6.45, 7) is 6.28. The van der Waals surface area contributed by atoms with Gasteiger partial charge < -0.3 is 10.1 Å². The molecule has 0 spiro atoms. The second kappa shape index (κ2) is 8.21. The molecule has 0 atom stereocenters. The number of hydrogen-bond acceptors (Lipinski definition) is 3. The Morgan fingerprint density at radius 3 is 2.45 bits per heavy atom. The van der Waals surface area contributed by atoms with E-state index in [1.54, 1.807) is 18.2 Å². The largest absolute Gasteiger partial charge is 0.496 e. The molecule has 29 heavy (non-hydrogen) atoms. The third kappa shape index (κ3) is 4.74. The standard InChI is InChI=1S/C23H22ClFN2O2/c1-23(2,3)15-6-9-20(18(24)11-15)27-22(28)14-5-8-19(26-13-14)17-12-16(25)7-10-21(17)29-4/h5-13H,1-4H3,(H,27,28). The Labute approximate surface area is 174 Å². The molecule has 0 saturated heterocycles. The van der Waals surface area contributed by atoms with Crippen molar-refractivity contribution in [1.29, 1.82) is 0 Å². The first-order valence-corrected chi connectivity index (χ1v) is 9.48. The molecule has 0 radical (unpaired) electrons. The number of pyridine rings is 1. The van der Waals surface area contributed by atoms with E-state index < -0.39 is 5.82 Å². The molecule has 0 aliphatic rings. The first-order chi connectivity index (χ1) is 13.7. The van der Waals surface area contributed by atoms with Crippen molar-refractivity contribution in [3.8, 4) is 17.0 Å². The van der Waals surface area contributed by atoms with E-state index in [4.69, 9.17) is 16.3 Å². The van der Waals surface area contributed by atoms with Crippen LogP contribution in [0.4, 0.5) is 10.1 Å². The van der Waals surface area contributed by atoms with Crippen LogP contribution in [0.1, 0.15) is 36.7 Å². The highest BCUT2D eigenvalue weighted by Crippen LogP contribution is 2.31. The summed E-state index contributed by atoms with van der Waals surface area (Å²) in [6, 6.07) is 13.1. The van der Waals surface area contributed by atoms with Gasteiger partial charge in [-0.15, -0.1) is 0 Å². The van der Waals surface area contributed by atoms with Crippen LogP contribution in [0.15, 0.2) is 54.7 Å². The van der Waals surface area contributed by atoms with Crippen LogP contribution in [-0.4, -0.2) is 18.0 Å². The molecule has 0 bridgehead atoms. The molecule has 0 fully saturated rings. The summed E-state index contributed by atoms with van der Waals surface area (Å²) in [7, 11) is 1.51. The van der Waals surface area contributed by atoms with Gasteiger partial charge in [0.2, 0.25) is 0 Å². The fourth-order valence-electron chi connectivity index (χ4n) is 2.85. The molecule has 0 unspecified atom stereocenters. The highest BCUT2D eigenvalue weighted by Gasteiger charge is 2.16. The maximum atomic E-state index is 13.6. The van der Waals surface area contributed by atoms with E-state index in [9.17, 15) is 9.18 Å². The Hall–Kier alpha value is -2.92. The number of hydrogen-bond donors (Lipinski definition) is 1. The van der Waals surface area contributed by atoms with Crippen LogP contribution in [0.2, 0.25) is 5.02 Å². The van der Waals surface area contributed by atoms with Gasteiger partial charge in [-0.3, -0.25) is 9.78 Å². The van der Waals surface area contributed by atoms with Crippen molar-refractivity contribution in [3.05, 3.63) is 76.7 Å². The molecular weight excluding hydrogens is 391 g/mol. The van der Waals surface area contributed by atoms with Crippen LogP contribution >= 0.6 is 11.6 Å². The minimum atomic E-state index is -0.391. The molecule has 3 aromatic rings. The SMILES string of the molecule is COc1ccc(F)cc1-c1ccc(C(=O)Nc2ccc(C(C)(C)C)cc2Cl)cn1. The average molecular weight is 413 g/mol. The third-order valence-electron chi connectivity index (χ3n) is 4.55. The van der Waals surface area contributed by atoms with Gasteiger partial charge in [0.25, 0.3) is 5.91 Å². The minimum Gasteiger partial charge on any atom is -0.496 e. The Kier molecular flexibility index (Phi) is 5.89. The molecule has 0 aliphatic heterocycles. The summed E-state index contributed by atoms with van der Waals surface area (Å²) in [5, 5.41) is 3.27. The topological polar surface area (TPSA) is 51.2 Å². The smallest absolute Gasteiger partial charge is 0.257 e. The predicted octanol–water partition coefficient (Wildman–Crippen LogP) is 6.10. The number of aromatic nitrogens is 1. The molecule has 0 aliphatic carbocycles.